The number of aliphatic hydroxyl groups is 1. The van der Waals surface area contributed by atoms with E-state index in [-0.39, 0.29) is 11.3 Å². The summed E-state index contributed by atoms with van der Waals surface area (Å²) >= 11 is 0. The van der Waals surface area contributed by atoms with Crippen molar-refractivity contribution in [3.8, 4) is 5.75 Å². The first-order valence-corrected chi connectivity index (χ1v) is 10.9. The molecule has 1 amide bonds. The summed E-state index contributed by atoms with van der Waals surface area (Å²) in [7, 11) is 1.54. The molecule has 3 heterocycles. The van der Waals surface area contributed by atoms with Crippen LogP contribution >= 0.6 is 0 Å². The Morgan fingerprint density at radius 1 is 1.22 bits per heavy atom. The highest BCUT2D eigenvalue weighted by molar-refractivity contribution is 6.46. The van der Waals surface area contributed by atoms with E-state index in [0.29, 0.717) is 17.9 Å². The van der Waals surface area contributed by atoms with Crippen molar-refractivity contribution in [2.75, 3.05) is 46.5 Å². The van der Waals surface area contributed by atoms with Crippen LogP contribution in [0.25, 0.3) is 5.76 Å². The van der Waals surface area contributed by atoms with Gasteiger partial charge in [0.1, 0.15) is 24.6 Å². The van der Waals surface area contributed by atoms with E-state index in [1.54, 1.807) is 41.6 Å². The van der Waals surface area contributed by atoms with E-state index in [9.17, 15) is 14.7 Å². The molecule has 0 saturated carbocycles. The van der Waals surface area contributed by atoms with Gasteiger partial charge in [-0.15, -0.1) is 0 Å². The molecule has 1 unspecified atom stereocenters. The fraction of sp³-hybridized carbons (Fsp3) is 0.375. The minimum absolute atomic E-state index is 0.105. The van der Waals surface area contributed by atoms with Gasteiger partial charge in [0, 0.05) is 30.7 Å². The smallest absolute Gasteiger partial charge is 0.295 e. The molecule has 32 heavy (non-hydrogen) atoms. The quantitative estimate of drug-likeness (QED) is 0.366. The number of Topliss-reactive ketones (excluding diaryl/α,β-unsaturated/α-hetero) is 1. The number of carbonyl (C=O) groups is 2. The second-order valence-corrected chi connectivity index (χ2v) is 8.02. The molecular weight excluding hydrogens is 410 g/mol. The highest BCUT2D eigenvalue weighted by atomic mass is 16.5. The molecule has 2 aliphatic rings. The second kappa shape index (κ2) is 9.93. The molecule has 0 spiro atoms. The Hall–Kier alpha value is -3.23. The zero-order valence-corrected chi connectivity index (χ0v) is 18.2. The summed E-state index contributed by atoms with van der Waals surface area (Å²) in [6.07, 6.45) is 4.26. The molecule has 2 aliphatic heterocycles. The minimum Gasteiger partial charge on any atom is -0.507 e. The van der Waals surface area contributed by atoms with E-state index in [2.05, 4.69) is 4.98 Å². The van der Waals surface area contributed by atoms with Gasteiger partial charge in [0.2, 0.25) is 0 Å². The van der Waals surface area contributed by atoms with Gasteiger partial charge in [-0.05, 0) is 17.7 Å². The van der Waals surface area contributed by atoms with Gasteiger partial charge in [0.15, 0.2) is 12.4 Å². The molecule has 2 fully saturated rings. The van der Waals surface area contributed by atoms with Crippen LogP contribution in [0.3, 0.4) is 0 Å². The molecule has 0 aliphatic carbocycles. The van der Waals surface area contributed by atoms with Crippen molar-refractivity contribution in [3.05, 3.63) is 65.5 Å². The Labute approximate surface area is 187 Å². The van der Waals surface area contributed by atoms with E-state index >= 15 is 0 Å². The third kappa shape index (κ3) is 4.51. The highest BCUT2D eigenvalue weighted by Crippen LogP contribution is 2.39. The second-order valence-electron chi connectivity index (χ2n) is 8.02. The summed E-state index contributed by atoms with van der Waals surface area (Å²) in [5, 5.41) is 11.1. The largest absolute Gasteiger partial charge is 0.507 e. The lowest BCUT2D eigenvalue weighted by molar-refractivity contribution is -0.908. The number of ether oxygens (including phenoxy) is 2. The molecular formula is C24H29N3O5+2. The van der Waals surface area contributed by atoms with E-state index in [0.717, 1.165) is 44.8 Å². The minimum atomic E-state index is -0.665. The van der Waals surface area contributed by atoms with Gasteiger partial charge in [-0.1, -0.05) is 12.1 Å². The molecule has 1 aromatic carbocycles. The van der Waals surface area contributed by atoms with Crippen LogP contribution in [0.1, 0.15) is 23.6 Å². The lowest BCUT2D eigenvalue weighted by Crippen LogP contribution is -3.14. The van der Waals surface area contributed by atoms with E-state index < -0.39 is 17.7 Å². The van der Waals surface area contributed by atoms with Gasteiger partial charge < -0.3 is 24.4 Å². The van der Waals surface area contributed by atoms with Crippen LogP contribution in [0.5, 0.6) is 5.75 Å². The van der Waals surface area contributed by atoms with Crippen LogP contribution in [0.15, 0.2) is 54.4 Å². The maximum Gasteiger partial charge on any atom is 0.295 e. The van der Waals surface area contributed by atoms with Gasteiger partial charge in [0.25, 0.3) is 11.7 Å². The van der Waals surface area contributed by atoms with Crippen molar-refractivity contribution in [1.82, 2.24) is 4.90 Å². The molecule has 0 bridgehead atoms. The van der Waals surface area contributed by atoms with E-state index in [1.807, 2.05) is 12.1 Å². The number of methoxy groups -OCH3 is 1. The van der Waals surface area contributed by atoms with Crippen molar-refractivity contribution < 1.29 is 34.1 Å². The fourth-order valence-electron chi connectivity index (χ4n) is 4.37. The number of rotatable bonds is 7. The topological polar surface area (TPSA) is 94.7 Å². The number of carbonyl (C=O) groups excluding carboxylic acids is 2. The number of quaternary nitrogens is 1. The summed E-state index contributed by atoms with van der Waals surface area (Å²) < 4.78 is 10.7. The number of aromatic nitrogens is 1. The molecule has 2 saturated heterocycles. The Morgan fingerprint density at radius 3 is 2.69 bits per heavy atom. The first kappa shape index (κ1) is 22.0. The summed E-state index contributed by atoms with van der Waals surface area (Å²) in [6, 6.07) is 9.86. The van der Waals surface area contributed by atoms with Gasteiger partial charge in [0.05, 0.1) is 38.5 Å². The van der Waals surface area contributed by atoms with Crippen LogP contribution in [0, 0.1) is 0 Å². The monoisotopic (exact) mass is 439 g/mol. The van der Waals surface area contributed by atoms with Gasteiger partial charge in [-0.2, -0.15) is 0 Å². The Balaban J connectivity index is 1.65. The number of nitrogens with zero attached hydrogens (tertiary/aromatic N) is 1. The number of ketones is 1. The highest BCUT2D eigenvalue weighted by Gasteiger charge is 2.46. The lowest BCUT2D eigenvalue weighted by atomic mass is 9.96. The maximum absolute atomic E-state index is 13.1. The Bertz CT molecular complexity index is 1000. The molecule has 1 atom stereocenters. The molecule has 0 radical (unpaired) electrons. The number of likely N-dealkylation sites (tertiary alicyclic amines) is 1. The number of amides is 1. The standard InChI is InChI=1S/C24H27N3O5/c1-31-19-5-2-4-18(16-19)22(28)20-21(17-6-8-25-9-7-17)27(24(30)23(20)29)11-3-10-26-12-14-32-15-13-26/h2,4-9,16,21,28H,3,10-15H2,1H3/p+2. The predicted molar refractivity (Wildman–Crippen MR) is 116 cm³/mol. The number of aromatic amines is 1. The third-order valence-electron chi connectivity index (χ3n) is 6.07. The predicted octanol–water partition coefficient (Wildman–Crippen LogP) is 0.236. The number of H-pyrrole nitrogens is 1. The van der Waals surface area contributed by atoms with Crippen LogP contribution in [0.2, 0.25) is 0 Å². The number of pyridine rings is 1. The van der Waals surface area contributed by atoms with Crippen LogP contribution in [-0.4, -0.2) is 68.2 Å². The third-order valence-corrected chi connectivity index (χ3v) is 6.07. The first-order chi connectivity index (χ1) is 15.6. The van der Waals surface area contributed by atoms with E-state index in [1.165, 1.54) is 12.0 Å². The number of hydrogen-bond acceptors (Lipinski definition) is 5. The fourth-order valence-corrected chi connectivity index (χ4v) is 4.37. The van der Waals surface area contributed by atoms with Gasteiger partial charge in [-0.25, -0.2) is 4.98 Å². The zero-order chi connectivity index (χ0) is 22.5. The number of hydrogen-bond donors (Lipinski definition) is 2. The van der Waals surface area contributed by atoms with Crippen LogP contribution < -0.4 is 14.6 Å². The summed E-state index contributed by atoms with van der Waals surface area (Å²) in [4.78, 5) is 32.1. The van der Waals surface area contributed by atoms with Gasteiger partial charge in [-0.3, -0.25) is 9.59 Å². The van der Waals surface area contributed by atoms with Crippen molar-refractivity contribution in [3.63, 3.8) is 0 Å². The number of aliphatic hydroxyl groups excluding tert-OH is 1. The molecule has 4 rings (SSSR count). The summed E-state index contributed by atoms with van der Waals surface area (Å²) in [5.74, 6) is -0.879. The zero-order valence-electron chi connectivity index (χ0n) is 18.2. The SMILES string of the molecule is COc1cccc(C(O)=C2C(=O)C(=O)N(CCC[NH+]3CCOCC3)C2c2cc[nH+]cc2)c1. The van der Waals surface area contributed by atoms with Crippen molar-refractivity contribution in [1.29, 1.82) is 0 Å². The normalized spacial score (nSPS) is 21.2. The van der Waals surface area contributed by atoms with Gasteiger partial charge >= 0.3 is 0 Å². The average Bonchev–Trinajstić information content (AvgIpc) is 3.10. The molecule has 8 heteroatoms. The molecule has 168 valence electrons. The molecule has 1 aromatic heterocycles. The number of morpholine rings is 1. The van der Waals surface area contributed by atoms with Crippen LogP contribution in [0.4, 0.5) is 0 Å². The Morgan fingerprint density at radius 2 is 1.97 bits per heavy atom. The summed E-state index contributed by atoms with van der Waals surface area (Å²) in [5.41, 5.74) is 1.31. The number of nitrogens with one attached hydrogen (secondary N) is 2. The Kier molecular flexibility index (Phi) is 6.82. The average molecular weight is 440 g/mol. The lowest BCUT2D eigenvalue weighted by Gasteiger charge is -2.27. The first-order valence-electron chi connectivity index (χ1n) is 10.9. The van der Waals surface area contributed by atoms with Crippen molar-refractivity contribution in [2.45, 2.75) is 12.5 Å². The molecule has 2 aromatic rings. The number of benzene rings is 1. The maximum atomic E-state index is 13.1. The summed E-state index contributed by atoms with van der Waals surface area (Å²) in [6.45, 7) is 4.74. The molecule has 3 N–H and O–H groups in total. The van der Waals surface area contributed by atoms with Crippen LogP contribution in [-0.2, 0) is 14.3 Å². The molecule has 8 nitrogen and oxygen atoms in total. The van der Waals surface area contributed by atoms with Crippen molar-refractivity contribution in [2.24, 2.45) is 0 Å². The van der Waals surface area contributed by atoms with E-state index in [4.69, 9.17) is 9.47 Å². The van der Waals surface area contributed by atoms with Crippen molar-refractivity contribution >= 4 is 17.4 Å².